The normalized spacial score (nSPS) is 16.3. The number of hydrogen-bond acceptors (Lipinski definition) is 6. The lowest BCUT2D eigenvalue weighted by Crippen LogP contribution is -2.39. The predicted molar refractivity (Wildman–Crippen MR) is 60.4 cm³/mol. The number of carboxylic acids is 3. The summed E-state index contributed by atoms with van der Waals surface area (Å²) < 4.78 is 0. The fourth-order valence-electron chi connectivity index (χ4n) is 0.992. The van der Waals surface area contributed by atoms with Gasteiger partial charge in [0.05, 0.1) is 12.0 Å². The minimum absolute atomic E-state index is 0.479. The zero-order valence-corrected chi connectivity index (χ0v) is 10.4. The van der Waals surface area contributed by atoms with E-state index in [4.69, 9.17) is 30.6 Å². The molecule has 0 amide bonds. The summed E-state index contributed by atoms with van der Waals surface area (Å²) in [5.41, 5.74) is 0. The van der Waals surface area contributed by atoms with Crippen LogP contribution in [0.25, 0.3) is 0 Å². The van der Waals surface area contributed by atoms with E-state index >= 15 is 0 Å². The molecule has 0 bridgehead atoms. The highest BCUT2D eigenvalue weighted by molar-refractivity contribution is 5.83. The number of aliphatic carboxylic acids is 3. The van der Waals surface area contributed by atoms with Crippen molar-refractivity contribution in [3.05, 3.63) is 0 Å². The summed E-state index contributed by atoms with van der Waals surface area (Å²) in [6.07, 6.45) is -4.80. The lowest BCUT2D eigenvalue weighted by molar-refractivity contribution is -0.165. The fraction of sp³-hybridized carbons (Fsp3) is 0.700. The number of carbonyl (C=O) groups is 3. The molecule has 6 N–H and O–H groups in total. The van der Waals surface area contributed by atoms with Gasteiger partial charge in [0.25, 0.3) is 0 Å². The van der Waals surface area contributed by atoms with E-state index in [1.165, 1.54) is 6.92 Å². The number of carboxylic acid groups (broad SMARTS) is 3. The molecule has 0 aromatic carbocycles. The third-order valence-electron chi connectivity index (χ3n) is 2.14. The van der Waals surface area contributed by atoms with E-state index in [1.54, 1.807) is 6.92 Å². The van der Waals surface area contributed by atoms with E-state index in [2.05, 4.69) is 0 Å². The van der Waals surface area contributed by atoms with E-state index in [1.807, 2.05) is 0 Å². The molecule has 0 saturated carbocycles. The largest absolute Gasteiger partial charge is 0.481 e. The topological polar surface area (TPSA) is 173 Å². The van der Waals surface area contributed by atoms with Gasteiger partial charge in [-0.1, -0.05) is 6.92 Å². The molecule has 0 aliphatic rings. The minimum atomic E-state index is -2.27. The van der Waals surface area contributed by atoms with Crippen LogP contribution in [0, 0.1) is 5.92 Å². The smallest absolute Gasteiger partial charge is 0.335 e. The van der Waals surface area contributed by atoms with E-state index in [0.29, 0.717) is 6.42 Å². The second-order valence-corrected chi connectivity index (χ2v) is 3.66. The maximum atomic E-state index is 10.2. The van der Waals surface area contributed by atoms with Gasteiger partial charge < -0.3 is 30.6 Å². The standard InChI is InChI=1S/C6H12O3.C4H6O6/c1-3-5(4(2)7)6(8)9;5-1(3(7)8)2(6)4(9)10/h4-5,7H,3H2,1-2H3,(H,8,9);1-2,5-6H,(H,7,8)(H,9,10). The molecule has 4 atom stereocenters. The van der Waals surface area contributed by atoms with Crippen LogP contribution in [0.15, 0.2) is 0 Å². The first-order valence-electron chi connectivity index (χ1n) is 5.28. The van der Waals surface area contributed by atoms with Crippen LogP contribution in [-0.2, 0) is 14.4 Å². The summed E-state index contributed by atoms with van der Waals surface area (Å²) in [5.74, 6) is -5.07. The molecule has 112 valence electrons. The molecule has 0 heterocycles. The molecule has 9 heteroatoms. The molecular formula is C10H18O9. The molecule has 0 spiro atoms. The number of aliphatic hydroxyl groups excluding tert-OH is 3. The van der Waals surface area contributed by atoms with Crippen LogP contribution in [0.5, 0.6) is 0 Å². The Morgan fingerprint density at radius 2 is 1.16 bits per heavy atom. The van der Waals surface area contributed by atoms with Gasteiger partial charge in [-0.25, -0.2) is 9.59 Å². The van der Waals surface area contributed by atoms with Crippen molar-refractivity contribution in [3.8, 4) is 0 Å². The van der Waals surface area contributed by atoms with Crippen molar-refractivity contribution in [1.82, 2.24) is 0 Å². The van der Waals surface area contributed by atoms with Crippen LogP contribution in [0.2, 0.25) is 0 Å². The van der Waals surface area contributed by atoms with Gasteiger partial charge >= 0.3 is 17.9 Å². The van der Waals surface area contributed by atoms with Gasteiger partial charge in [-0.05, 0) is 13.3 Å². The monoisotopic (exact) mass is 282 g/mol. The lowest BCUT2D eigenvalue weighted by Gasteiger charge is -2.11. The molecule has 0 saturated heterocycles. The Bertz CT molecular complexity index is 294. The first kappa shape index (κ1) is 19.6. The van der Waals surface area contributed by atoms with Crippen LogP contribution >= 0.6 is 0 Å². The highest BCUT2D eigenvalue weighted by atomic mass is 16.4. The third kappa shape index (κ3) is 8.08. The molecule has 0 aliphatic heterocycles. The first-order chi connectivity index (χ1) is 8.56. The number of hydrogen-bond donors (Lipinski definition) is 6. The number of rotatable bonds is 6. The van der Waals surface area contributed by atoms with Crippen LogP contribution in [0.1, 0.15) is 20.3 Å². The molecule has 0 aromatic heterocycles. The highest BCUT2D eigenvalue weighted by Crippen LogP contribution is 2.07. The van der Waals surface area contributed by atoms with Gasteiger partial charge in [0.1, 0.15) is 0 Å². The molecule has 9 nitrogen and oxygen atoms in total. The average molecular weight is 282 g/mol. The van der Waals surface area contributed by atoms with Crippen LogP contribution in [0.4, 0.5) is 0 Å². The Hall–Kier alpha value is -1.71. The quantitative estimate of drug-likeness (QED) is 0.334. The third-order valence-corrected chi connectivity index (χ3v) is 2.14. The van der Waals surface area contributed by atoms with Crippen molar-refractivity contribution in [2.45, 2.75) is 38.6 Å². The van der Waals surface area contributed by atoms with Crippen molar-refractivity contribution in [2.24, 2.45) is 5.92 Å². The Labute approximate surface area is 108 Å². The molecule has 0 radical (unpaired) electrons. The molecular weight excluding hydrogens is 264 g/mol. The molecule has 0 aromatic rings. The maximum Gasteiger partial charge on any atom is 0.335 e. The van der Waals surface area contributed by atoms with Gasteiger partial charge in [-0.3, -0.25) is 4.79 Å². The van der Waals surface area contributed by atoms with Gasteiger partial charge in [-0.15, -0.1) is 0 Å². The predicted octanol–water partition coefficient (Wildman–Crippen LogP) is -1.64. The zero-order valence-electron chi connectivity index (χ0n) is 10.4. The van der Waals surface area contributed by atoms with Crippen molar-refractivity contribution in [1.29, 1.82) is 0 Å². The van der Waals surface area contributed by atoms with Gasteiger partial charge in [0.2, 0.25) is 0 Å². The van der Waals surface area contributed by atoms with Crippen LogP contribution in [0.3, 0.4) is 0 Å². The summed E-state index contributed by atoms with van der Waals surface area (Å²) in [6.45, 7) is 3.23. The van der Waals surface area contributed by atoms with Gasteiger partial charge in [0, 0.05) is 0 Å². The van der Waals surface area contributed by atoms with E-state index in [9.17, 15) is 14.4 Å². The van der Waals surface area contributed by atoms with Crippen LogP contribution in [-0.4, -0.2) is 66.9 Å². The lowest BCUT2D eigenvalue weighted by atomic mass is 10.0. The second-order valence-electron chi connectivity index (χ2n) is 3.66. The summed E-state index contributed by atoms with van der Waals surface area (Å²) >= 11 is 0. The molecule has 4 unspecified atom stereocenters. The highest BCUT2D eigenvalue weighted by Gasteiger charge is 2.29. The van der Waals surface area contributed by atoms with E-state index in [-0.39, 0.29) is 0 Å². The summed E-state index contributed by atoms with van der Waals surface area (Å²) in [4.78, 5) is 29.8. The Morgan fingerprint density at radius 1 is 0.842 bits per heavy atom. The van der Waals surface area contributed by atoms with Crippen molar-refractivity contribution in [3.63, 3.8) is 0 Å². The van der Waals surface area contributed by atoms with E-state index in [0.717, 1.165) is 0 Å². The maximum absolute atomic E-state index is 10.2. The molecule has 19 heavy (non-hydrogen) atoms. The first-order valence-corrected chi connectivity index (χ1v) is 5.28. The Kier molecular flexibility index (Phi) is 9.56. The summed E-state index contributed by atoms with van der Waals surface area (Å²) in [6, 6.07) is 0. The molecule has 0 aliphatic carbocycles. The van der Waals surface area contributed by atoms with Crippen molar-refractivity contribution in [2.75, 3.05) is 0 Å². The average Bonchev–Trinajstić information content (AvgIpc) is 2.27. The number of aliphatic hydroxyl groups is 3. The molecule has 0 fully saturated rings. The van der Waals surface area contributed by atoms with Gasteiger partial charge in [0.15, 0.2) is 12.2 Å². The zero-order chi connectivity index (χ0) is 15.7. The van der Waals surface area contributed by atoms with Gasteiger partial charge in [-0.2, -0.15) is 0 Å². The van der Waals surface area contributed by atoms with Crippen molar-refractivity contribution >= 4 is 17.9 Å². The minimum Gasteiger partial charge on any atom is -0.481 e. The Balaban J connectivity index is 0. The summed E-state index contributed by atoms with van der Waals surface area (Å²) in [5, 5.41) is 49.7. The second kappa shape index (κ2) is 9.25. The Morgan fingerprint density at radius 3 is 1.21 bits per heavy atom. The van der Waals surface area contributed by atoms with Crippen LogP contribution < -0.4 is 0 Å². The fourth-order valence-corrected chi connectivity index (χ4v) is 0.992. The SMILES string of the molecule is CCC(C(=O)O)C(C)O.O=C(O)C(O)C(O)C(=O)O. The molecule has 0 rings (SSSR count). The van der Waals surface area contributed by atoms with E-state index < -0.39 is 42.1 Å². The van der Waals surface area contributed by atoms with Crippen molar-refractivity contribution < 1.29 is 45.0 Å². The summed E-state index contributed by atoms with van der Waals surface area (Å²) in [7, 11) is 0.